The summed E-state index contributed by atoms with van der Waals surface area (Å²) in [5.41, 5.74) is 15.5. The summed E-state index contributed by atoms with van der Waals surface area (Å²) in [4.78, 5) is 12.3. The Labute approximate surface area is 143 Å². The van der Waals surface area contributed by atoms with Crippen LogP contribution in [0.5, 0.6) is 0 Å². The maximum absolute atomic E-state index is 9.26. The van der Waals surface area contributed by atoms with Crippen LogP contribution in [-0.2, 0) is 5.88 Å². The first kappa shape index (κ1) is 15.7. The Morgan fingerprint density at radius 3 is 2.29 bits per heavy atom. The van der Waals surface area contributed by atoms with Crippen LogP contribution in [0, 0.1) is 11.3 Å². The Morgan fingerprint density at radius 1 is 1.00 bits per heavy atom. The number of pyridine rings is 1. The molecule has 2 heterocycles. The molecule has 7 heteroatoms. The number of aromatic nitrogens is 3. The van der Waals surface area contributed by atoms with Crippen LogP contribution in [0.4, 0.5) is 11.8 Å². The molecule has 118 valence electrons. The maximum atomic E-state index is 9.26. The van der Waals surface area contributed by atoms with Gasteiger partial charge in [-0.25, -0.2) is 4.98 Å². The lowest BCUT2D eigenvalue weighted by Crippen LogP contribution is -2.04. The van der Waals surface area contributed by atoms with E-state index in [1.165, 1.54) is 0 Å². The van der Waals surface area contributed by atoms with Crippen LogP contribution in [0.15, 0.2) is 42.6 Å². The summed E-state index contributed by atoms with van der Waals surface area (Å²) >= 11 is 5.77. The van der Waals surface area contributed by atoms with Crippen LogP contribution in [0.25, 0.3) is 22.5 Å². The van der Waals surface area contributed by atoms with Gasteiger partial charge < -0.3 is 11.5 Å². The predicted octanol–water partition coefficient (Wildman–Crippen LogP) is 2.98. The van der Waals surface area contributed by atoms with Crippen molar-refractivity contribution in [1.82, 2.24) is 15.0 Å². The Balaban J connectivity index is 1.99. The number of nitrogens with zero attached hydrogens (tertiary/aromatic N) is 4. The highest BCUT2D eigenvalue weighted by Crippen LogP contribution is 2.27. The van der Waals surface area contributed by atoms with Crippen molar-refractivity contribution in [3.8, 4) is 28.6 Å². The first-order valence-electron chi connectivity index (χ1n) is 7.07. The second-order valence-electron chi connectivity index (χ2n) is 5.07. The molecule has 1 aromatic carbocycles. The summed E-state index contributed by atoms with van der Waals surface area (Å²) in [6.07, 6.45) is 1.75. The minimum absolute atomic E-state index is 0.0314. The smallest absolute Gasteiger partial charge is 0.222 e. The Kier molecular flexibility index (Phi) is 4.27. The molecule has 0 amide bonds. The number of hydrogen-bond donors (Lipinski definition) is 2. The maximum Gasteiger partial charge on any atom is 0.222 e. The molecule has 0 atom stereocenters. The van der Waals surface area contributed by atoms with Crippen LogP contribution in [-0.4, -0.2) is 15.0 Å². The summed E-state index contributed by atoms with van der Waals surface area (Å²) in [5, 5.41) is 9.26. The molecule has 3 aromatic rings. The molecule has 3 rings (SSSR count). The number of halogens is 1. The first-order chi connectivity index (χ1) is 11.6. The molecule has 0 bridgehead atoms. The van der Waals surface area contributed by atoms with E-state index in [4.69, 9.17) is 23.1 Å². The van der Waals surface area contributed by atoms with Crippen LogP contribution < -0.4 is 11.5 Å². The number of rotatable bonds is 3. The minimum Gasteiger partial charge on any atom is -0.382 e. The molecule has 2 aromatic heterocycles. The minimum atomic E-state index is 0.0314. The highest BCUT2D eigenvalue weighted by atomic mass is 35.5. The Morgan fingerprint density at radius 2 is 1.71 bits per heavy atom. The molecule has 0 radical (unpaired) electrons. The van der Waals surface area contributed by atoms with E-state index in [0.717, 1.165) is 22.4 Å². The van der Waals surface area contributed by atoms with Crippen molar-refractivity contribution >= 4 is 23.4 Å². The van der Waals surface area contributed by atoms with E-state index in [1.54, 1.807) is 6.20 Å². The summed E-state index contributed by atoms with van der Waals surface area (Å²) in [7, 11) is 0. The second-order valence-corrected chi connectivity index (χ2v) is 5.33. The van der Waals surface area contributed by atoms with Crippen LogP contribution in [0.3, 0.4) is 0 Å². The monoisotopic (exact) mass is 336 g/mol. The number of alkyl halides is 1. The van der Waals surface area contributed by atoms with Gasteiger partial charge >= 0.3 is 0 Å². The lowest BCUT2D eigenvalue weighted by atomic mass is 10.0. The summed E-state index contributed by atoms with van der Waals surface area (Å²) in [6.45, 7) is 0. The molecule has 0 saturated heterocycles. The largest absolute Gasteiger partial charge is 0.382 e. The van der Waals surface area contributed by atoms with Gasteiger partial charge in [-0.1, -0.05) is 30.3 Å². The molecule has 0 aliphatic carbocycles. The average Bonchev–Trinajstić information content (AvgIpc) is 2.61. The highest BCUT2D eigenvalue weighted by molar-refractivity contribution is 6.17. The molecular formula is C17H13ClN6. The zero-order chi connectivity index (χ0) is 17.1. The Hall–Kier alpha value is -3.17. The molecule has 0 spiro atoms. The van der Waals surface area contributed by atoms with Crippen molar-refractivity contribution in [2.45, 2.75) is 5.88 Å². The van der Waals surface area contributed by atoms with Crippen LogP contribution in [0.2, 0.25) is 0 Å². The molecule has 0 saturated carbocycles. The van der Waals surface area contributed by atoms with Gasteiger partial charge in [-0.05, 0) is 11.6 Å². The standard InChI is InChI=1S/C17H13ClN6/c18-7-10-1-6-14(22-9-10)11-2-4-12(5-3-11)15-13(8-19)16(20)24-17(21)23-15/h1-6,9H,7H2,(H4,20,21,23,24). The van der Waals surface area contributed by atoms with Crippen molar-refractivity contribution in [2.24, 2.45) is 0 Å². The van der Waals surface area contributed by atoms with Crippen molar-refractivity contribution in [2.75, 3.05) is 11.5 Å². The fourth-order valence-electron chi connectivity index (χ4n) is 2.29. The van der Waals surface area contributed by atoms with Crippen molar-refractivity contribution < 1.29 is 0 Å². The quantitative estimate of drug-likeness (QED) is 0.710. The van der Waals surface area contributed by atoms with Gasteiger partial charge in [-0.15, -0.1) is 11.6 Å². The van der Waals surface area contributed by atoms with Crippen molar-refractivity contribution in [1.29, 1.82) is 5.26 Å². The van der Waals surface area contributed by atoms with Gasteiger partial charge in [0.1, 0.15) is 17.5 Å². The lowest BCUT2D eigenvalue weighted by molar-refractivity contribution is 1.18. The molecule has 0 aliphatic heterocycles. The zero-order valence-electron chi connectivity index (χ0n) is 12.6. The summed E-state index contributed by atoms with van der Waals surface area (Å²) < 4.78 is 0. The number of hydrogen-bond acceptors (Lipinski definition) is 6. The normalized spacial score (nSPS) is 10.3. The number of benzene rings is 1. The molecular weight excluding hydrogens is 324 g/mol. The van der Waals surface area contributed by atoms with E-state index < -0.39 is 0 Å². The lowest BCUT2D eigenvalue weighted by Gasteiger charge is -2.08. The number of nitriles is 1. The molecule has 0 fully saturated rings. The van der Waals surface area contributed by atoms with Gasteiger partial charge in [-0.3, -0.25) is 4.98 Å². The van der Waals surface area contributed by atoms with E-state index in [2.05, 4.69) is 15.0 Å². The van der Waals surface area contributed by atoms with E-state index >= 15 is 0 Å². The fraction of sp³-hybridized carbons (Fsp3) is 0.0588. The van der Waals surface area contributed by atoms with Gasteiger partial charge in [0.2, 0.25) is 5.95 Å². The number of nitrogens with two attached hydrogens (primary N) is 2. The van der Waals surface area contributed by atoms with Gasteiger partial charge in [-0.2, -0.15) is 10.2 Å². The van der Waals surface area contributed by atoms with E-state index in [-0.39, 0.29) is 17.3 Å². The zero-order valence-corrected chi connectivity index (χ0v) is 13.3. The van der Waals surface area contributed by atoms with Crippen molar-refractivity contribution in [3.63, 3.8) is 0 Å². The first-order valence-corrected chi connectivity index (χ1v) is 7.60. The molecule has 6 nitrogen and oxygen atoms in total. The topological polar surface area (TPSA) is 114 Å². The summed E-state index contributed by atoms with van der Waals surface area (Å²) in [5.74, 6) is 0.533. The molecule has 0 unspecified atom stereocenters. The van der Waals surface area contributed by atoms with Gasteiger partial charge in [0.05, 0.1) is 11.4 Å². The average molecular weight is 337 g/mol. The van der Waals surface area contributed by atoms with Crippen LogP contribution >= 0.6 is 11.6 Å². The Bertz CT molecular complexity index is 914. The number of anilines is 2. The highest BCUT2D eigenvalue weighted by Gasteiger charge is 2.13. The van der Waals surface area contributed by atoms with Gasteiger partial charge in [0.15, 0.2) is 0 Å². The molecule has 24 heavy (non-hydrogen) atoms. The SMILES string of the molecule is N#Cc1c(N)nc(N)nc1-c1ccc(-c2ccc(CCl)cn2)cc1. The van der Waals surface area contributed by atoms with E-state index in [9.17, 15) is 5.26 Å². The second kappa shape index (κ2) is 6.52. The van der Waals surface area contributed by atoms with Crippen LogP contribution in [0.1, 0.15) is 11.1 Å². The van der Waals surface area contributed by atoms with E-state index in [1.807, 2.05) is 42.5 Å². The van der Waals surface area contributed by atoms with Crippen molar-refractivity contribution in [3.05, 3.63) is 53.7 Å². The third-order valence-electron chi connectivity index (χ3n) is 3.50. The molecule has 4 N–H and O–H groups in total. The van der Waals surface area contributed by atoms with Gasteiger partial charge in [0, 0.05) is 23.2 Å². The predicted molar refractivity (Wildman–Crippen MR) is 93.8 cm³/mol. The number of nitrogen functional groups attached to an aromatic ring is 2. The van der Waals surface area contributed by atoms with Gasteiger partial charge in [0.25, 0.3) is 0 Å². The molecule has 0 aliphatic rings. The fourth-order valence-corrected chi connectivity index (χ4v) is 2.45. The summed E-state index contributed by atoms with van der Waals surface area (Å²) in [6, 6.07) is 13.3. The third-order valence-corrected chi connectivity index (χ3v) is 3.81. The van der Waals surface area contributed by atoms with E-state index in [0.29, 0.717) is 11.6 Å². The third kappa shape index (κ3) is 2.98.